The van der Waals surface area contributed by atoms with Crippen LogP contribution < -0.4 is 9.47 Å². The zero-order valence-corrected chi connectivity index (χ0v) is 18.7. The smallest absolute Gasteiger partial charge is 0.253 e. The van der Waals surface area contributed by atoms with Crippen molar-refractivity contribution in [3.8, 4) is 11.5 Å². The Kier molecular flexibility index (Phi) is 7.74. The lowest BCUT2D eigenvalue weighted by Gasteiger charge is -2.29. The van der Waals surface area contributed by atoms with E-state index < -0.39 is 0 Å². The number of nitrogens with zero attached hydrogens (tertiary/aromatic N) is 3. The fraction of sp³-hybridized carbons (Fsp3) is 0.440. The average molecular weight is 438 g/mol. The molecule has 3 heterocycles. The molecule has 0 atom stereocenters. The SMILES string of the molecule is CCOc1cccc2c1OCC(C(=O)N(CCCN1CCOCC1)Cc1ccncc1)=C2. The first-order chi connectivity index (χ1) is 15.7. The number of hydrogen-bond donors (Lipinski definition) is 0. The Morgan fingerprint density at radius 1 is 1.19 bits per heavy atom. The molecule has 1 saturated heterocycles. The largest absolute Gasteiger partial charge is 0.490 e. The molecule has 4 rings (SSSR count). The van der Waals surface area contributed by atoms with E-state index >= 15 is 0 Å². The van der Waals surface area contributed by atoms with E-state index in [2.05, 4.69) is 9.88 Å². The number of fused-ring (bicyclic) bond motifs is 1. The molecule has 32 heavy (non-hydrogen) atoms. The molecule has 2 aromatic rings. The number of carbonyl (C=O) groups is 1. The van der Waals surface area contributed by atoms with E-state index in [1.165, 1.54) is 0 Å². The van der Waals surface area contributed by atoms with Crippen LogP contribution in [0.4, 0.5) is 0 Å². The number of carbonyl (C=O) groups excluding carboxylic acids is 1. The van der Waals surface area contributed by atoms with E-state index in [4.69, 9.17) is 14.2 Å². The lowest BCUT2D eigenvalue weighted by Crippen LogP contribution is -2.39. The molecule has 0 spiro atoms. The predicted octanol–water partition coefficient (Wildman–Crippen LogP) is 3.01. The van der Waals surface area contributed by atoms with Crippen LogP contribution in [0.3, 0.4) is 0 Å². The molecule has 2 aliphatic heterocycles. The number of morpholine rings is 1. The van der Waals surface area contributed by atoms with Crippen molar-refractivity contribution in [1.82, 2.24) is 14.8 Å². The van der Waals surface area contributed by atoms with Gasteiger partial charge in [-0.3, -0.25) is 14.7 Å². The molecule has 1 aromatic heterocycles. The molecule has 0 radical (unpaired) electrons. The summed E-state index contributed by atoms with van der Waals surface area (Å²) in [7, 11) is 0. The number of benzene rings is 1. The van der Waals surface area contributed by atoms with Crippen LogP contribution in [0.15, 0.2) is 48.3 Å². The van der Waals surface area contributed by atoms with Gasteiger partial charge in [0.05, 0.1) is 25.4 Å². The highest BCUT2D eigenvalue weighted by Crippen LogP contribution is 2.36. The highest BCUT2D eigenvalue weighted by atomic mass is 16.5. The van der Waals surface area contributed by atoms with Gasteiger partial charge in [0.1, 0.15) is 6.61 Å². The monoisotopic (exact) mass is 437 g/mol. The van der Waals surface area contributed by atoms with Gasteiger partial charge < -0.3 is 19.1 Å². The first kappa shape index (κ1) is 22.3. The lowest BCUT2D eigenvalue weighted by atomic mass is 10.1. The molecular formula is C25H31N3O4. The number of aromatic nitrogens is 1. The molecule has 170 valence electrons. The van der Waals surface area contributed by atoms with Crippen molar-refractivity contribution in [3.63, 3.8) is 0 Å². The Labute approximate surface area is 189 Å². The Morgan fingerprint density at radius 2 is 2.00 bits per heavy atom. The van der Waals surface area contributed by atoms with E-state index in [0.717, 1.165) is 50.4 Å². The Hall–Kier alpha value is -2.90. The lowest BCUT2D eigenvalue weighted by molar-refractivity contribution is -0.128. The van der Waals surface area contributed by atoms with E-state index in [1.54, 1.807) is 12.4 Å². The molecule has 1 amide bonds. The van der Waals surface area contributed by atoms with Crippen molar-refractivity contribution < 1.29 is 19.0 Å². The van der Waals surface area contributed by atoms with Crippen LogP contribution in [0, 0.1) is 0 Å². The summed E-state index contributed by atoms with van der Waals surface area (Å²) in [4.78, 5) is 21.9. The molecule has 7 heteroatoms. The fourth-order valence-electron chi connectivity index (χ4n) is 4.05. The van der Waals surface area contributed by atoms with Crippen molar-refractivity contribution >= 4 is 12.0 Å². The third kappa shape index (κ3) is 5.66. The molecule has 0 N–H and O–H groups in total. The van der Waals surface area contributed by atoms with Crippen molar-refractivity contribution in [2.24, 2.45) is 0 Å². The van der Waals surface area contributed by atoms with Crippen LogP contribution in [0.1, 0.15) is 24.5 Å². The second-order valence-corrected chi connectivity index (χ2v) is 7.96. The normalized spacial score (nSPS) is 16.0. The molecule has 7 nitrogen and oxygen atoms in total. The zero-order valence-electron chi connectivity index (χ0n) is 18.7. The average Bonchev–Trinajstić information content (AvgIpc) is 2.84. The van der Waals surface area contributed by atoms with Crippen molar-refractivity contribution in [1.29, 1.82) is 0 Å². The van der Waals surface area contributed by atoms with Gasteiger partial charge in [-0.1, -0.05) is 12.1 Å². The second kappa shape index (κ2) is 11.1. The van der Waals surface area contributed by atoms with E-state index in [-0.39, 0.29) is 12.5 Å². The van der Waals surface area contributed by atoms with Gasteiger partial charge in [-0.2, -0.15) is 0 Å². The van der Waals surface area contributed by atoms with Crippen molar-refractivity contribution in [2.75, 3.05) is 52.6 Å². The maximum absolute atomic E-state index is 13.5. The summed E-state index contributed by atoms with van der Waals surface area (Å²) in [5.74, 6) is 1.43. The van der Waals surface area contributed by atoms with Crippen LogP contribution in [0.2, 0.25) is 0 Å². The van der Waals surface area contributed by atoms with Gasteiger partial charge in [0.2, 0.25) is 0 Å². The number of rotatable bonds is 9. The van der Waals surface area contributed by atoms with Crippen LogP contribution >= 0.6 is 0 Å². The summed E-state index contributed by atoms with van der Waals surface area (Å²) >= 11 is 0. The number of para-hydroxylation sites is 1. The number of hydrogen-bond acceptors (Lipinski definition) is 6. The van der Waals surface area contributed by atoms with Gasteiger partial charge in [-0.15, -0.1) is 0 Å². The summed E-state index contributed by atoms with van der Waals surface area (Å²) in [5.41, 5.74) is 2.60. The Balaban J connectivity index is 1.48. The van der Waals surface area contributed by atoms with Crippen LogP contribution in [-0.4, -0.2) is 73.3 Å². The maximum atomic E-state index is 13.5. The van der Waals surface area contributed by atoms with Gasteiger partial charge in [0.25, 0.3) is 5.91 Å². The number of amides is 1. The van der Waals surface area contributed by atoms with Gasteiger partial charge in [0, 0.05) is 50.7 Å². The second-order valence-electron chi connectivity index (χ2n) is 7.96. The van der Waals surface area contributed by atoms with Crippen molar-refractivity contribution in [3.05, 3.63) is 59.4 Å². The zero-order chi connectivity index (χ0) is 22.2. The van der Waals surface area contributed by atoms with Crippen LogP contribution in [0.25, 0.3) is 6.08 Å². The van der Waals surface area contributed by atoms with Gasteiger partial charge in [0.15, 0.2) is 11.5 Å². The van der Waals surface area contributed by atoms with Crippen molar-refractivity contribution in [2.45, 2.75) is 19.9 Å². The van der Waals surface area contributed by atoms with Crippen LogP contribution in [0.5, 0.6) is 11.5 Å². The fourth-order valence-corrected chi connectivity index (χ4v) is 4.05. The summed E-state index contributed by atoms with van der Waals surface area (Å²) in [6.07, 6.45) is 6.38. The van der Waals surface area contributed by atoms with E-state index in [9.17, 15) is 4.79 Å². The molecule has 2 aliphatic rings. The number of pyridine rings is 1. The maximum Gasteiger partial charge on any atom is 0.253 e. The molecule has 0 saturated carbocycles. The van der Waals surface area contributed by atoms with Gasteiger partial charge in [-0.25, -0.2) is 0 Å². The van der Waals surface area contributed by atoms with Crippen LogP contribution in [-0.2, 0) is 16.1 Å². The molecular weight excluding hydrogens is 406 g/mol. The Bertz CT molecular complexity index is 926. The summed E-state index contributed by atoms with van der Waals surface area (Å²) < 4.78 is 17.1. The minimum Gasteiger partial charge on any atom is -0.490 e. The summed E-state index contributed by atoms with van der Waals surface area (Å²) in [6, 6.07) is 9.68. The minimum atomic E-state index is 0.0104. The standard InChI is InChI=1S/C25H31N3O4/c1-2-31-23-6-3-5-21-17-22(19-32-24(21)23)25(29)28(18-20-7-9-26-10-8-20)12-4-11-27-13-15-30-16-14-27/h3,5-10,17H,2,4,11-16,18-19H2,1H3. The first-order valence-corrected chi connectivity index (χ1v) is 11.3. The quantitative estimate of drug-likeness (QED) is 0.601. The molecule has 0 bridgehead atoms. The Morgan fingerprint density at radius 3 is 2.78 bits per heavy atom. The highest BCUT2D eigenvalue weighted by molar-refractivity contribution is 5.99. The molecule has 1 fully saturated rings. The minimum absolute atomic E-state index is 0.0104. The molecule has 0 unspecified atom stereocenters. The van der Waals surface area contributed by atoms with Gasteiger partial charge >= 0.3 is 0 Å². The highest BCUT2D eigenvalue weighted by Gasteiger charge is 2.24. The molecule has 1 aromatic carbocycles. The first-order valence-electron chi connectivity index (χ1n) is 11.3. The summed E-state index contributed by atoms with van der Waals surface area (Å²) in [6.45, 7) is 8.42. The van der Waals surface area contributed by atoms with Gasteiger partial charge in [-0.05, 0) is 43.2 Å². The topological polar surface area (TPSA) is 64.1 Å². The third-order valence-corrected chi connectivity index (χ3v) is 5.70. The summed E-state index contributed by atoms with van der Waals surface area (Å²) in [5, 5.41) is 0. The van der Waals surface area contributed by atoms with E-state index in [1.807, 2.05) is 48.2 Å². The van der Waals surface area contributed by atoms with E-state index in [0.29, 0.717) is 36.8 Å². The molecule has 0 aliphatic carbocycles. The third-order valence-electron chi connectivity index (χ3n) is 5.70. The predicted molar refractivity (Wildman–Crippen MR) is 123 cm³/mol. The number of ether oxygens (including phenoxy) is 3.